The van der Waals surface area contributed by atoms with Crippen LogP contribution in [-0.2, 0) is 5.41 Å². The fourth-order valence-corrected chi connectivity index (χ4v) is 3.83. The summed E-state index contributed by atoms with van der Waals surface area (Å²) in [5, 5.41) is 10.7. The second kappa shape index (κ2) is 10.0. The van der Waals surface area contributed by atoms with E-state index in [-0.39, 0.29) is 11.4 Å². The quantitative estimate of drug-likeness (QED) is 0.304. The molecule has 0 fully saturated rings. The lowest BCUT2D eigenvalue weighted by molar-refractivity contribution is 0.262. The summed E-state index contributed by atoms with van der Waals surface area (Å²) in [5.74, 6) is 1.97. The molecule has 2 amide bonds. The SMILES string of the molecule is CSc1cc(Oc2ccncc2)ccc1NC(=O)Nc1cc(C(C)(C)C)nn1-c1ccccc1. The van der Waals surface area contributed by atoms with Crippen molar-refractivity contribution in [2.45, 2.75) is 31.1 Å². The number of carbonyl (C=O) groups is 1. The van der Waals surface area contributed by atoms with Crippen LogP contribution in [0.4, 0.5) is 16.3 Å². The number of hydrogen-bond acceptors (Lipinski definition) is 5. The van der Waals surface area contributed by atoms with Crippen molar-refractivity contribution in [2.24, 2.45) is 0 Å². The number of thioether (sulfide) groups is 1. The number of amides is 2. The highest BCUT2D eigenvalue weighted by atomic mass is 32.2. The maximum absolute atomic E-state index is 13.0. The molecule has 0 aliphatic carbocycles. The van der Waals surface area contributed by atoms with Crippen LogP contribution in [0.5, 0.6) is 11.5 Å². The molecular weight excluding hydrogens is 446 g/mol. The molecule has 34 heavy (non-hydrogen) atoms. The summed E-state index contributed by atoms with van der Waals surface area (Å²) in [5.41, 5.74) is 2.28. The molecule has 4 aromatic rings. The zero-order valence-corrected chi connectivity index (χ0v) is 20.4. The van der Waals surface area contributed by atoms with E-state index in [4.69, 9.17) is 9.84 Å². The van der Waals surface area contributed by atoms with Gasteiger partial charge in [0, 0.05) is 28.8 Å². The number of benzene rings is 2. The van der Waals surface area contributed by atoms with Crippen molar-refractivity contribution in [3.8, 4) is 17.2 Å². The van der Waals surface area contributed by atoms with E-state index in [0.717, 1.165) is 16.3 Å². The molecule has 0 aliphatic rings. The van der Waals surface area contributed by atoms with Crippen LogP contribution in [0.15, 0.2) is 84.0 Å². The fourth-order valence-electron chi connectivity index (χ4n) is 3.25. The highest BCUT2D eigenvalue weighted by molar-refractivity contribution is 7.98. The van der Waals surface area contributed by atoms with Gasteiger partial charge in [0.25, 0.3) is 0 Å². The Kier molecular flexibility index (Phi) is 6.88. The van der Waals surface area contributed by atoms with Crippen LogP contribution in [0.25, 0.3) is 5.69 Å². The molecule has 8 heteroatoms. The minimum atomic E-state index is -0.351. The fraction of sp³-hybridized carbons (Fsp3) is 0.192. The second-order valence-electron chi connectivity index (χ2n) is 8.64. The number of para-hydroxylation sites is 1. The average molecular weight is 474 g/mol. The van der Waals surface area contributed by atoms with Gasteiger partial charge in [-0.15, -0.1) is 11.8 Å². The molecule has 4 rings (SSSR count). The predicted octanol–water partition coefficient (Wildman–Crippen LogP) is 6.72. The number of ether oxygens (including phenoxy) is 1. The first-order chi connectivity index (χ1) is 16.3. The molecule has 0 aliphatic heterocycles. The van der Waals surface area contributed by atoms with Gasteiger partial charge in [-0.05, 0) is 48.7 Å². The van der Waals surface area contributed by atoms with Crippen LogP contribution >= 0.6 is 11.8 Å². The molecule has 2 aromatic heterocycles. The second-order valence-corrected chi connectivity index (χ2v) is 9.49. The van der Waals surface area contributed by atoms with Crippen LogP contribution in [0.1, 0.15) is 26.5 Å². The Labute approximate surface area is 203 Å². The molecule has 7 nitrogen and oxygen atoms in total. The molecule has 0 atom stereocenters. The number of anilines is 2. The molecule has 2 heterocycles. The zero-order valence-electron chi connectivity index (χ0n) is 19.6. The Bertz CT molecular complexity index is 1270. The summed E-state index contributed by atoms with van der Waals surface area (Å²) in [4.78, 5) is 17.8. The van der Waals surface area contributed by atoms with Gasteiger partial charge in [-0.2, -0.15) is 5.10 Å². The van der Waals surface area contributed by atoms with E-state index >= 15 is 0 Å². The summed E-state index contributed by atoms with van der Waals surface area (Å²) in [6.07, 6.45) is 5.31. The van der Waals surface area contributed by atoms with Gasteiger partial charge in [0.2, 0.25) is 0 Å². The highest BCUT2D eigenvalue weighted by Crippen LogP contribution is 2.32. The monoisotopic (exact) mass is 473 g/mol. The Morgan fingerprint density at radius 3 is 2.35 bits per heavy atom. The lowest BCUT2D eigenvalue weighted by Crippen LogP contribution is -2.21. The van der Waals surface area contributed by atoms with Crippen molar-refractivity contribution >= 4 is 29.3 Å². The number of pyridine rings is 1. The van der Waals surface area contributed by atoms with Gasteiger partial charge in [-0.1, -0.05) is 39.0 Å². The Morgan fingerprint density at radius 2 is 1.68 bits per heavy atom. The Morgan fingerprint density at radius 1 is 0.941 bits per heavy atom. The highest BCUT2D eigenvalue weighted by Gasteiger charge is 2.21. The minimum absolute atomic E-state index is 0.163. The summed E-state index contributed by atoms with van der Waals surface area (Å²) < 4.78 is 7.63. The topological polar surface area (TPSA) is 81.1 Å². The predicted molar refractivity (Wildman–Crippen MR) is 137 cm³/mol. The van der Waals surface area contributed by atoms with Crippen LogP contribution in [-0.4, -0.2) is 27.1 Å². The number of nitrogens with zero attached hydrogens (tertiary/aromatic N) is 3. The van der Waals surface area contributed by atoms with Crippen molar-refractivity contribution in [1.82, 2.24) is 14.8 Å². The Balaban J connectivity index is 1.54. The van der Waals surface area contributed by atoms with Crippen molar-refractivity contribution in [2.75, 3.05) is 16.9 Å². The number of hydrogen-bond donors (Lipinski definition) is 2. The zero-order chi connectivity index (χ0) is 24.1. The maximum Gasteiger partial charge on any atom is 0.324 e. The van der Waals surface area contributed by atoms with E-state index in [1.54, 1.807) is 29.2 Å². The van der Waals surface area contributed by atoms with Crippen LogP contribution in [0.2, 0.25) is 0 Å². The summed E-state index contributed by atoms with van der Waals surface area (Å²) in [6.45, 7) is 6.28. The first kappa shape index (κ1) is 23.4. The van der Waals surface area contributed by atoms with Gasteiger partial charge in [-0.25, -0.2) is 9.48 Å². The summed E-state index contributed by atoms with van der Waals surface area (Å²) >= 11 is 1.52. The number of nitrogens with one attached hydrogen (secondary N) is 2. The van der Waals surface area contributed by atoms with E-state index in [1.165, 1.54) is 11.8 Å². The van der Waals surface area contributed by atoms with Gasteiger partial charge in [-0.3, -0.25) is 10.3 Å². The first-order valence-corrected chi connectivity index (χ1v) is 12.1. The van der Waals surface area contributed by atoms with E-state index in [0.29, 0.717) is 23.0 Å². The lowest BCUT2D eigenvalue weighted by atomic mass is 9.92. The van der Waals surface area contributed by atoms with Gasteiger partial charge < -0.3 is 10.1 Å². The average Bonchev–Trinajstić information content (AvgIpc) is 3.25. The lowest BCUT2D eigenvalue weighted by Gasteiger charge is -2.14. The molecule has 0 spiro atoms. The van der Waals surface area contributed by atoms with Crippen molar-refractivity contribution in [3.63, 3.8) is 0 Å². The largest absolute Gasteiger partial charge is 0.457 e. The van der Waals surface area contributed by atoms with Crippen molar-refractivity contribution in [1.29, 1.82) is 0 Å². The number of aromatic nitrogens is 3. The van der Waals surface area contributed by atoms with Gasteiger partial charge in [0.05, 0.1) is 17.1 Å². The standard InChI is InChI=1S/C26H27N5O2S/c1-26(2,3)23-17-24(31(30-23)18-8-6-5-7-9-18)29-25(32)28-21-11-10-20(16-22(21)34-4)33-19-12-14-27-15-13-19/h5-17H,1-4H3,(H2,28,29,32). The molecular formula is C26H27N5O2S. The van der Waals surface area contributed by atoms with Gasteiger partial charge in [0.15, 0.2) is 0 Å². The van der Waals surface area contributed by atoms with Crippen LogP contribution in [0.3, 0.4) is 0 Å². The third kappa shape index (κ3) is 5.58. The third-order valence-electron chi connectivity index (χ3n) is 5.03. The van der Waals surface area contributed by atoms with Crippen LogP contribution < -0.4 is 15.4 Å². The van der Waals surface area contributed by atoms with E-state index in [1.807, 2.05) is 60.9 Å². The third-order valence-corrected chi connectivity index (χ3v) is 5.80. The summed E-state index contributed by atoms with van der Waals surface area (Å²) in [6, 6.07) is 20.4. The van der Waals surface area contributed by atoms with Gasteiger partial charge in [0.1, 0.15) is 17.3 Å². The normalized spacial score (nSPS) is 11.2. The molecule has 0 radical (unpaired) electrons. The van der Waals surface area contributed by atoms with Crippen molar-refractivity contribution < 1.29 is 9.53 Å². The van der Waals surface area contributed by atoms with E-state index in [2.05, 4.69) is 36.4 Å². The molecule has 2 N–H and O–H groups in total. The van der Waals surface area contributed by atoms with E-state index in [9.17, 15) is 4.79 Å². The first-order valence-electron chi connectivity index (χ1n) is 10.8. The maximum atomic E-state index is 13.0. The summed E-state index contributed by atoms with van der Waals surface area (Å²) in [7, 11) is 0. The van der Waals surface area contributed by atoms with Gasteiger partial charge >= 0.3 is 6.03 Å². The minimum Gasteiger partial charge on any atom is -0.457 e. The molecule has 174 valence electrons. The molecule has 0 bridgehead atoms. The number of carbonyl (C=O) groups excluding carboxylic acids is 1. The Hall–Kier alpha value is -3.78. The molecule has 2 aromatic carbocycles. The molecule has 0 saturated heterocycles. The van der Waals surface area contributed by atoms with Crippen molar-refractivity contribution in [3.05, 3.63) is 84.8 Å². The smallest absolute Gasteiger partial charge is 0.324 e. The van der Waals surface area contributed by atoms with Crippen LogP contribution in [0, 0.1) is 0 Å². The number of rotatable bonds is 6. The molecule has 0 unspecified atom stereocenters. The molecule has 0 saturated carbocycles. The number of urea groups is 1. The van der Waals surface area contributed by atoms with E-state index < -0.39 is 0 Å².